The highest BCUT2D eigenvalue weighted by atomic mass is 16.1. The van der Waals surface area contributed by atoms with Crippen molar-refractivity contribution in [3.05, 3.63) is 59.4 Å². The van der Waals surface area contributed by atoms with Crippen LogP contribution in [0.15, 0.2) is 42.7 Å². The molecule has 1 amide bonds. The minimum absolute atomic E-state index is 0.103. The third-order valence-electron chi connectivity index (χ3n) is 3.75. The molecule has 0 radical (unpaired) electrons. The Kier molecular flexibility index (Phi) is 3.22. The molecule has 0 atom stereocenters. The molecule has 1 heterocycles. The van der Waals surface area contributed by atoms with Crippen LogP contribution in [0, 0.1) is 13.8 Å². The van der Waals surface area contributed by atoms with Crippen molar-refractivity contribution in [3.8, 4) is 0 Å². The maximum Gasteiger partial charge on any atom is 0.255 e. The van der Waals surface area contributed by atoms with E-state index in [-0.39, 0.29) is 5.91 Å². The molecule has 0 aliphatic heterocycles. The third kappa shape index (κ3) is 2.52. The normalized spacial score (nSPS) is 10.8. The molecular formula is C17H17N3O. The first-order chi connectivity index (χ1) is 10.0. The van der Waals surface area contributed by atoms with E-state index in [1.807, 2.05) is 61.9 Å². The second kappa shape index (κ2) is 5.05. The highest BCUT2D eigenvalue weighted by Crippen LogP contribution is 2.18. The van der Waals surface area contributed by atoms with Gasteiger partial charge in [-0.25, -0.2) is 4.98 Å². The molecule has 0 fully saturated rings. The van der Waals surface area contributed by atoms with Crippen LogP contribution in [-0.4, -0.2) is 15.5 Å². The Hall–Kier alpha value is -2.62. The fourth-order valence-corrected chi connectivity index (χ4v) is 2.30. The molecule has 0 spiro atoms. The Morgan fingerprint density at radius 2 is 1.90 bits per heavy atom. The number of hydrogen-bond acceptors (Lipinski definition) is 2. The van der Waals surface area contributed by atoms with Crippen LogP contribution >= 0.6 is 0 Å². The summed E-state index contributed by atoms with van der Waals surface area (Å²) in [5.41, 5.74) is 5.63. The van der Waals surface area contributed by atoms with Gasteiger partial charge in [-0.2, -0.15) is 0 Å². The van der Waals surface area contributed by atoms with Gasteiger partial charge in [0.15, 0.2) is 0 Å². The number of amides is 1. The minimum atomic E-state index is -0.103. The van der Waals surface area contributed by atoms with Crippen molar-refractivity contribution < 1.29 is 4.79 Å². The fourth-order valence-electron chi connectivity index (χ4n) is 2.30. The SMILES string of the molecule is Cc1ccc(C(=O)Nc2ccc3c(c2)ncn3C)cc1C. The number of hydrogen-bond donors (Lipinski definition) is 1. The van der Waals surface area contributed by atoms with Gasteiger partial charge >= 0.3 is 0 Å². The van der Waals surface area contributed by atoms with E-state index in [2.05, 4.69) is 10.3 Å². The van der Waals surface area contributed by atoms with E-state index in [1.165, 1.54) is 5.56 Å². The molecule has 2 aromatic carbocycles. The van der Waals surface area contributed by atoms with E-state index >= 15 is 0 Å². The largest absolute Gasteiger partial charge is 0.334 e. The summed E-state index contributed by atoms with van der Waals surface area (Å²) in [6.07, 6.45) is 1.76. The molecule has 21 heavy (non-hydrogen) atoms. The zero-order chi connectivity index (χ0) is 15.0. The van der Waals surface area contributed by atoms with Crippen molar-refractivity contribution in [1.29, 1.82) is 0 Å². The van der Waals surface area contributed by atoms with Crippen molar-refractivity contribution in [3.63, 3.8) is 0 Å². The van der Waals surface area contributed by atoms with Crippen LogP contribution in [0.1, 0.15) is 21.5 Å². The van der Waals surface area contributed by atoms with Gasteiger partial charge in [0.1, 0.15) is 0 Å². The number of nitrogens with zero attached hydrogens (tertiary/aromatic N) is 2. The topological polar surface area (TPSA) is 46.9 Å². The summed E-state index contributed by atoms with van der Waals surface area (Å²) in [4.78, 5) is 16.6. The molecule has 3 aromatic rings. The van der Waals surface area contributed by atoms with Crippen LogP contribution < -0.4 is 5.32 Å². The molecule has 0 bridgehead atoms. The molecule has 1 N–H and O–H groups in total. The minimum Gasteiger partial charge on any atom is -0.334 e. The van der Waals surface area contributed by atoms with E-state index in [9.17, 15) is 4.79 Å². The third-order valence-corrected chi connectivity index (χ3v) is 3.75. The molecule has 0 aliphatic rings. The summed E-state index contributed by atoms with van der Waals surface area (Å²) < 4.78 is 1.95. The van der Waals surface area contributed by atoms with Crippen LogP contribution in [0.3, 0.4) is 0 Å². The molecule has 4 heteroatoms. The number of fused-ring (bicyclic) bond motifs is 1. The lowest BCUT2D eigenvalue weighted by Crippen LogP contribution is -2.12. The van der Waals surface area contributed by atoms with Crippen molar-refractivity contribution in [2.24, 2.45) is 7.05 Å². The molecule has 0 unspecified atom stereocenters. The summed E-state index contributed by atoms with van der Waals surface area (Å²) in [7, 11) is 1.95. The number of imidazole rings is 1. The molecular weight excluding hydrogens is 262 g/mol. The first-order valence-corrected chi connectivity index (χ1v) is 6.84. The summed E-state index contributed by atoms with van der Waals surface area (Å²) in [5.74, 6) is -0.103. The Bertz CT molecular complexity index is 833. The highest BCUT2D eigenvalue weighted by Gasteiger charge is 2.08. The average molecular weight is 279 g/mol. The standard InChI is InChI=1S/C17H17N3O/c1-11-4-5-13(8-12(11)2)17(21)19-14-6-7-16-15(9-14)18-10-20(16)3/h4-10H,1-3H3,(H,19,21). The molecule has 106 valence electrons. The zero-order valence-corrected chi connectivity index (χ0v) is 12.3. The number of aryl methyl sites for hydroxylation is 3. The molecule has 0 saturated carbocycles. The second-order valence-electron chi connectivity index (χ2n) is 5.31. The maximum atomic E-state index is 12.3. The molecule has 3 rings (SSSR count). The monoisotopic (exact) mass is 279 g/mol. The quantitative estimate of drug-likeness (QED) is 0.781. The number of carbonyl (C=O) groups excluding carboxylic acids is 1. The van der Waals surface area contributed by atoms with Crippen molar-refractivity contribution >= 4 is 22.6 Å². The molecule has 0 aliphatic carbocycles. The number of rotatable bonds is 2. The van der Waals surface area contributed by atoms with E-state index < -0.39 is 0 Å². The maximum absolute atomic E-state index is 12.3. The van der Waals surface area contributed by atoms with Gasteiger partial charge in [0.2, 0.25) is 0 Å². The number of benzene rings is 2. The first-order valence-electron chi connectivity index (χ1n) is 6.84. The summed E-state index contributed by atoms with van der Waals surface area (Å²) in [6.45, 7) is 4.04. The van der Waals surface area contributed by atoms with Crippen molar-refractivity contribution in [2.45, 2.75) is 13.8 Å². The van der Waals surface area contributed by atoms with Crippen LogP contribution in [-0.2, 0) is 7.05 Å². The van der Waals surface area contributed by atoms with Crippen LogP contribution in [0.5, 0.6) is 0 Å². The number of aromatic nitrogens is 2. The fraction of sp³-hybridized carbons (Fsp3) is 0.176. The molecule has 0 saturated heterocycles. The molecule has 4 nitrogen and oxygen atoms in total. The van der Waals surface area contributed by atoms with Gasteiger partial charge in [-0.3, -0.25) is 4.79 Å². The van der Waals surface area contributed by atoms with Crippen LogP contribution in [0.4, 0.5) is 5.69 Å². The van der Waals surface area contributed by atoms with Crippen LogP contribution in [0.25, 0.3) is 11.0 Å². The Balaban J connectivity index is 1.86. The Morgan fingerprint density at radius 3 is 2.67 bits per heavy atom. The van der Waals surface area contributed by atoms with E-state index in [0.717, 1.165) is 22.3 Å². The van der Waals surface area contributed by atoms with Crippen molar-refractivity contribution in [1.82, 2.24) is 9.55 Å². The lowest BCUT2D eigenvalue weighted by Gasteiger charge is -2.07. The summed E-state index contributed by atoms with van der Waals surface area (Å²) in [5, 5.41) is 2.92. The predicted octanol–water partition coefficient (Wildman–Crippen LogP) is 3.44. The lowest BCUT2D eigenvalue weighted by atomic mass is 10.1. The zero-order valence-electron chi connectivity index (χ0n) is 12.3. The van der Waals surface area contributed by atoms with Crippen LogP contribution in [0.2, 0.25) is 0 Å². The van der Waals surface area contributed by atoms with Gasteiger partial charge in [0.25, 0.3) is 5.91 Å². The van der Waals surface area contributed by atoms with E-state index in [1.54, 1.807) is 6.33 Å². The molecule has 1 aromatic heterocycles. The lowest BCUT2D eigenvalue weighted by molar-refractivity contribution is 0.102. The van der Waals surface area contributed by atoms with Gasteiger partial charge in [0, 0.05) is 18.3 Å². The number of anilines is 1. The predicted molar refractivity (Wildman–Crippen MR) is 84.6 cm³/mol. The highest BCUT2D eigenvalue weighted by molar-refractivity contribution is 6.05. The Morgan fingerprint density at radius 1 is 1.10 bits per heavy atom. The van der Waals surface area contributed by atoms with Gasteiger partial charge in [-0.1, -0.05) is 6.07 Å². The first kappa shape index (κ1) is 13.4. The Labute approximate surface area is 123 Å². The van der Waals surface area contributed by atoms with Gasteiger partial charge < -0.3 is 9.88 Å². The van der Waals surface area contributed by atoms with Gasteiger partial charge in [0.05, 0.1) is 17.4 Å². The second-order valence-corrected chi connectivity index (χ2v) is 5.31. The van der Waals surface area contributed by atoms with Gasteiger partial charge in [-0.15, -0.1) is 0 Å². The van der Waals surface area contributed by atoms with Crippen molar-refractivity contribution in [2.75, 3.05) is 5.32 Å². The average Bonchev–Trinajstić information content (AvgIpc) is 2.83. The van der Waals surface area contributed by atoms with E-state index in [4.69, 9.17) is 0 Å². The summed E-state index contributed by atoms with van der Waals surface area (Å²) in [6, 6.07) is 11.4. The van der Waals surface area contributed by atoms with E-state index in [0.29, 0.717) is 5.56 Å². The number of carbonyl (C=O) groups is 1. The number of nitrogens with one attached hydrogen (secondary N) is 1. The van der Waals surface area contributed by atoms with Gasteiger partial charge in [-0.05, 0) is 55.3 Å². The smallest absolute Gasteiger partial charge is 0.255 e. The summed E-state index contributed by atoms with van der Waals surface area (Å²) >= 11 is 0.